The van der Waals surface area contributed by atoms with E-state index in [9.17, 15) is 4.79 Å². The molecule has 0 spiro atoms. The van der Waals surface area contributed by atoms with Gasteiger partial charge in [0.1, 0.15) is 6.61 Å². The van der Waals surface area contributed by atoms with Crippen LogP contribution in [0.15, 0.2) is 18.3 Å². The van der Waals surface area contributed by atoms with Gasteiger partial charge in [-0.1, -0.05) is 0 Å². The van der Waals surface area contributed by atoms with Crippen LogP contribution in [0, 0.1) is 0 Å². The largest absolute Gasteiger partial charge is 0.503 e. The Labute approximate surface area is 74.5 Å². The van der Waals surface area contributed by atoms with Crippen molar-refractivity contribution in [3.63, 3.8) is 0 Å². The van der Waals surface area contributed by atoms with Gasteiger partial charge in [-0.25, -0.2) is 4.79 Å². The molecule has 0 amide bonds. The minimum Gasteiger partial charge on any atom is -0.503 e. The Hall–Kier alpha value is -1.62. The number of carbonyl (C=O) groups is 1. The molecule has 0 aliphatic rings. The van der Waals surface area contributed by atoms with Crippen LogP contribution < -0.4 is 4.57 Å². The molecule has 5 nitrogen and oxygen atoms in total. The van der Waals surface area contributed by atoms with Crippen molar-refractivity contribution in [2.75, 3.05) is 0 Å². The van der Waals surface area contributed by atoms with Crippen molar-refractivity contribution in [2.24, 2.45) is 0 Å². The number of aliphatic hydroxyl groups excluding tert-OH is 1. The molecule has 0 saturated heterocycles. The van der Waals surface area contributed by atoms with Gasteiger partial charge in [-0.3, -0.25) is 0 Å². The highest BCUT2D eigenvalue weighted by Crippen LogP contribution is 2.04. The molecule has 0 bridgehead atoms. The van der Waals surface area contributed by atoms with Crippen molar-refractivity contribution in [3.05, 3.63) is 24.0 Å². The van der Waals surface area contributed by atoms with E-state index in [2.05, 4.69) is 0 Å². The van der Waals surface area contributed by atoms with Gasteiger partial charge in [0.2, 0.25) is 18.4 Å². The predicted octanol–water partition coefficient (Wildman–Crippen LogP) is -0.743. The van der Waals surface area contributed by atoms with E-state index in [4.69, 9.17) is 15.3 Å². The van der Waals surface area contributed by atoms with Gasteiger partial charge in [0.15, 0.2) is 5.75 Å². The molecule has 0 atom stereocenters. The molecule has 0 fully saturated rings. The van der Waals surface area contributed by atoms with Crippen LogP contribution in [0.25, 0.3) is 0 Å². The zero-order valence-corrected chi connectivity index (χ0v) is 6.84. The Morgan fingerprint density at radius 2 is 2.15 bits per heavy atom. The normalized spacial score (nSPS) is 9.92. The molecule has 5 heteroatoms. The maximum atomic E-state index is 10.4. The summed E-state index contributed by atoms with van der Waals surface area (Å²) in [6, 6.07) is 2.86. The van der Waals surface area contributed by atoms with Crippen LogP contribution in [0.2, 0.25) is 0 Å². The number of carboxylic acids is 1. The highest BCUT2D eigenvalue weighted by molar-refractivity contribution is 5.64. The van der Waals surface area contributed by atoms with E-state index in [1.54, 1.807) is 0 Å². The van der Waals surface area contributed by atoms with Crippen LogP contribution >= 0.6 is 0 Å². The van der Waals surface area contributed by atoms with Gasteiger partial charge in [-0.15, -0.1) is 0 Å². The first-order valence-electron chi connectivity index (χ1n) is 3.67. The fourth-order valence-corrected chi connectivity index (χ4v) is 0.999. The van der Waals surface area contributed by atoms with E-state index in [1.807, 2.05) is 0 Å². The molecule has 0 aliphatic carbocycles. The number of hydrogen-bond donors (Lipinski definition) is 3. The van der Waals surface area contributed by atoms with E-state index >= 15 is 0 Å². The molecular formula is C8H10NO4+. The fraction of sp³-hybridized carbons (Fsp3) is 0.250. The highest BCUT2D eigenvalue weighted by Gasteiger charge is 2.13. The smallest absolute Gasteiger partial charge is 0.370 e. The molecule has 0 radical (unpaired) electrons. The number of nitrogens with zero attached hydrogens (tertiary/aromatic N) is 1. The number of hydrogen-bond acceptors (Lipinski definition) is 3. The van der Waals surface area contributed by atoms with Gasteiger partial charge in [-0.2, -0.15) is 4.57 Å². The van der Waals surface area contributed by atoms with Crippen LogP contribution in [-0.2, 0) is 17.9 Å². The van der Waals surface area contributed by atoms with Crippen molar-refractivity contribution in [3.8, 4) is 5.75 Å². The lowest BCUT2D eigenvalue weighted by molar-refractivity contribution is -0.695. The first-order chi connectivity index (χ1) is 6.13. The third-order valence-corrected chi connectivity index (χ3v) is 1.57. The summed E-state index contributed by atoms with van der Waals surface area (Å²) in [5.74, 6) is -1.05. The molecule has 0 unspecified atom stereocenters. The Morgan fingerprint density at radius 1 is 1.46 bits per heavy atom. The first kappa shape index (κ1) is 9.47. The topological polar surface area (TPSA) is 81.6 Å². The van der Waals surface area contributed by atoms with E-state index in [0.29, 0.717) is 5.69 Å². The number of aliphatic carboxylic acids is 1. The number of pyridine rings is 1. The van der Waals surface area contributed by atoms with Gasteiger partial charge in [0, 0.05) is 6.07 Å². The number of carboxylic acid groups (broad SMARTS) is 1. The maximum absolute atomic E-state index is 10.4. The molecule has 70 valence electrons. The Balaban J connectivity index is 3.01. The lowest BCUT2D eigenvalue weighted by atomic mass is 10.3. The van der Waals surface area contributed by atoms with Crippen molar-refractivity contribution in [2.45, 2.75) is 13.2 Å². The standard InChI is InChI=1S/C8H9NO4/c10-5-6-1-2-7(11)3-9(6)4-8(12)13/h1-3,10H,4-5H2,(H-,11,12,13)/p+1. The molecule has 0 aliphatic heterocycles. The molecular weight excluding hydrogens is 174 g/mol. The van der Waals surface area contributed by atoms with Gasteiger partial charge in [0.05, 0.1) is 0 Å². The molecule has 13 heavy (non-hydrogen) atoms. The summed E-state index contributed by atoms with van der Waals surface area (Å²) >= 11 is 0. The molecule has 1 rings (SSSR count). The third kappa shape index (κ3) is 2.41. The molecule has 0 saturated carbocycles. The highest BCUT2D eigenvalue weighted by atomic mass is 16.4. The average molecular weight is 184 g/mol. The Morgan fingerprint density at radius 3 is 2.69 bits per heavy atom. The van der Waals surface area contributed by atoms with E-state index in [1.165, 1.54) is 22.9 Å². The Bertz CT molecular complexity index is 324. The maximum Gasteiger partial charge on any atom is 0.370 e. The van der Waals surface area contributed by atoms with Crippen LogP contribution in [0.3, 0.4) is 0 Å². The minimum atomic E-state index is -1.02. The lowest BCUT2D eigenvalue weighted by Gasteiger charge is -1.98. The average Bonchev–Trinajstić information content (AvgIpc) is 2.03. The minimum absolute atomic E-state index is 0.0292. The zero-order valence-electron chi connectivity index (χ0n) is 6.84. The first-order valence-corrected chi connectivity index (χ1v) is 3.67. The molecule has 1 heterocycles. The summed E-state index contributed by atoms with van der Waals surface area (Å²) in [6.07, 6.45) is 1.26. The van der Waals surface area contributed by atoms with Gasteiger partial charge < -0.3 is 15.3 Å². The molecule has 3 N–H and O–H groups in total. The fourth-order valence-electron chi connectivity index (χ4n) is 0.999. The summed E-state index contributed by atoms with van der Waals surface area (Å²) in [6.45, 7) is -0.530. The van der Waals surface area contributed by atoms with Crippen molar-refractivity contribution >= 4 is 5.97 Å². The number of aliphatic hydroxyl groups is 1. The monoisotopic (exact) mass is 184 g/mol. The summed E-state index contributed by atoms with van der Waals surface area (Å²) in [5.41, 5.74) is 0.445. The van der Waals surface area contributed by atoms with E-state index in [-0.39, 0.29) is 18.9 Å². The van der Waals surface area contributed by atoms with Gasteiger partial charge in [-0.05, 0) is 6.07 Å². The second-order valence-electron chi connectivity index (χ2n) is 2.56. The Kier molecular flexibility index (Phi) is 2.81. The summed E-state index contributed by atoms with van der Waals surface area (Å²) in [4.78, 5) is 10.4. The predicted molar refractivity (Wildman–Crippen MR) is 41.9 cm³/mol. The SMILES string of the molecule is O=C(O)C[n+]1cc(O)ccc1CO. The van der Waals surface area contributed by atoms with Crippen molar-refractivity contribution in [1.82, 2.24) is 0 Å². The van der Waals surface area contributed by atoms with Crippen molar-refractivity contribution in [1.29, 1.82) is 0 Å². The number of aromatic nitrogens is 1. The third-order valence-electron chi connectivity index (χ3n) is 1.57. The zero-order chi connectivity index (χ0) is 9.84. The van der Waals surface area contributed by atoms with Crippen LogP contribution in [0.4, 0.5) is 0 Å². The quantitative estimate of drug-likeness (QED) is 0.540. The molecule has 1 aromatic rings. The number of rotatable bonds is 3. The second kappa shape index (κ2) is 3.86. The van der Waals surface area contributed by atoms with Crippen molar-refractivity contribution < 1.29 is 24.7 Å². The molecule has 1 aromatic heterocycles. The number of aromatic hydroxyl groups is 1. The van der Waals surface area contributed by atoms with Crippen LogP contribution in [0.5, 0.6) is 5.75 Å². The van der Waals surface area contributed by atoms with Gasteiger partial charge in [0.25, 0.3) is 0 Å². The lowest BCUT2D eigenvalue weighted by Crippen LogP contribution is -2.41. The van der Waals surface area contributed by atoms with E-state index < -0.39 is 5.97 Å². The van der Waals surface area contributed by atoms with Gasteiger partial charge >= 0.3 is 5.97 Å². The van der Waals surface area contributed by atoms with E-state index in [0.717, 1.165) is 0 Å². The van der Waals surface area contributed by atoms with Crippen LogP contribution in [-0.4, -0.2) is 21.3 Å². The summed E-state index contributed by atoms with van der Waals surface area (Å²) < 4.78 is 1.28. The summed E-state index contributed by atoms with van der Waals surface area (Å²) in [5, 5.41) is 26.4. The molecule has 0 aromatic carbocycles. The second-order valence-corrected chi connectivity index (χ2v) is 2.56. The van der Waals surface area contributed by atoms with Crippen LogP contribution in [0.1, 0.15) is 5.69 Å². The summed E-state index contributed by atoms with van der Waals surface area (Å²) in [7, 11) is 0.